The van der Waals surface area contributed by atoms with Gasteiger partial charge < -0.3 is 0 Å². The summed E-state index contributed by atoms with van der Waals surface area (Å²) in [6.07, 6.45) is -3.07. The largest absolute Gasteiger partial charge is 0.416 e. The van der Waals surface area contributed by atoms with Gasteiger partial charge in [0.2, 0.25) is 0 Å². The molecule has 0 N–H and O–H groups in total. The van der Waals surface area contributed by atoms with Gasteiger partial charge in [-0.3, -0.25) is 0 Å². The summed E-state index contributed by atoms with van der Waals surface area (Å²) >= 11 is 12.1. The molecule has 0 aliphatic heterocycles. The summed E-state index contributed by atoms with van der Waals surface area (Å²) in [5.41, 5.74) is -0.360. The first-order valence-electron chi connectivity index (χ1n) is 6.50. The van der Waals surface area contributed by atoms with Crippen LogP contribution in [0.15, 0.2) is 24.3 Å². The summed E-state index contributed by atoms with van der Waals surface area (Å²) in [4.78, 5) is 0. The highest BCUT2D eigenvalue weighted by Gasteiger charge is 2.33. The molecule has 0 amide bonds. The predicted octanol–water partition coefficient (Wildman–Crippen LogP) is 5.76. The molecule has 0 saturated heterocycles. The van der Waals surface area contributed by atoms with Crippen LogP contribution in [0.2, 0.25) is 0 Å². The Kier molecular flexibility index (Phi) is 6.21. The average Bonchev–Trinajstić information content (AvgIpc) is 2.36. The van der Waals surface area contributed by atoms with Crippen LogP contribution in [0.5, 0.6) is 0 Å². The van der Waals surface area contributed by atoms with E-state index >= 15 is 0 Å². The number of hydrogen-bond donors (Lipinski definition) is 0. The quantitative estimate of drug-likeness (QED) is 0.583. The van der Waals surface area contributed by atoms with Gasteiger partial charge in [-0.2, -0.15) is 13.2 Å². The van der Waals surface area contributed by atoms with E-state index < -0.39 is 11.7 Å². The van der Waals surface area contributed by atoms with Crippen LogP contribution in [0.4, 0.5) is 13.2 Å². The molecule has 1 aromatic rings. The minimum absolute atomic E-state index is 0.338. The molecule has 0 fully saturated rings. The van der Waals surface area contributed by atoms with Crippen molar-refractivity contribution < 1.29 is 13.2 Å². The average molecular weight is 327 g/mol. The lowest BCUT2D eigenvalue weighted by Gasteiger charge is -2.31. The van der Waals surface area contributed by atoms with Crippen molar-refractivity contribution in [1.29, 1.82) is 0 Å². The number of benzene rings is 1. The molecule has 0 aliphatic rings. The summed E-state index contributed by atoms with van der Waals surface area (Å²) in [7, 11) is 0. The van der Waals surface area contributed by atoms with Gasteiger partial charge in [-0.1, -0.05) is 32.0 Å². The van der Waals surface area contributed by atoms with E-state index in [4.69, 9.17) is 23.2 Å². The zero-order chi connectivity index (χ0) is 15.4. The highest BCUT2D eigenvalue weighted by molar-refractivity contribution is 6.21. The molecule has 0 saturated carbocycles. The molecule has 0 unspecified atom stereocenters. The fourth-order valence-electron chi connectivity index (χ4n) is 2.47. The first kappa shape index (κ1) is 17.6. The van der Waals surface area contributed by atoms with Crippen LogP contribution in [0, 0.1) is 11.3 Å². The van der Waals surface area contributed by atoms with Crippen molar-refractivity contribution in [3.63, 3.8) is 0 Å². The molecule has 0 aliphatic carbocycles. The van der Waals surface area contributed by atoms with Gasteiger partial charge in [0.1, 0.15) is 0 Å². The van der Waals surface area contributed by atoms with Crippen LogP contribution < -0.4 is 0 Å². The van der Waals surface area contributed by atoms with Crippen LogP contribution in [0.1, 0.15) is 31.4 Å². The van der Waals surface area contributed by atoms with Crippen molar-refractivity contribution in [2.45, 2.75) is 32.9 Å². The van der Waals surface area contributed by atoms with Gasteiger partial charge in [-0.05, 0) is 30.4 Å². The van der Waals surface area contributed by atoms with Crippen LogP contribution >= 0.6 is 23.2 Å². The first-order chi connectivity index (χ1) is 9.22. The van der Waals surface area contributed by atoms with E-state index in [0.29, 0.717) is 29.7 Å². The zero-order valence-corrected chi connectivity index (χ0v) is 13.1. The molecule has 114 valence electrons. The smallest absolute Gasteiger partial charge is 0.166 e. The maximum Gasteiger partial charge on any atom is 0.416 e. The summed E-state index contributed by atoms with van der Waals surface area (Å²) in [6.45, 7) is 4.11. The Morgan fingerprint density at radius 2 is 1.70 bits per heavy atom. The van der Waals surface area contributed by atoms with Crippen molar-refractivity contribution in [3.05, 3.63) is 35.4 Å². The second-order valence-electron chi connectivity index (χ2n) is 5.74. The highest BCUT2D eigenvalue weighted by atomic mass is 35.5. The Balaban J connectivity index is 3.00. The Bertz CT molecular complexity index is 423. The van der Waals surface area contributed by atoms with E-state index in [9.17, 15) is 13.2 Å². The van der Waals surface area contributed by atoms with E-state index in [-0.39, 0.29) is 5.41 Å². The van der Waals surface area contributed by atoms with E-state index in [1.165, 1.54) is 12.1 Å². The molecule has 0 spiro atoms. The summed E-state index contributed by atoms with van der Waals surface area (Å²) in [5, 5.41) is 0. The van der Waals surface area contributed by atoms with Crippen molar-refractivity contribution in [2.24, 2.45) is 11.3 Å². The molecule has 5 heteroatoms. The lowest BCUT2D eigenvalue weighted by molar-refractivity contribution is -0.137. The molecular formula is C15H19Cl2F3. The third-order valence-corrected chi connectivity index (χ3v) is 4.38. The Hall–Kier alpha value is -0.410. The molecule has 1 rings (SSSR count). The zero-order valence-electron chi connectivity index (χ0n) is 11.6. The minimum atomic E-state index is -4.32. The van der Waals surface area contributed by atoms with E-state index in [2.05, 4.69) is 13.8 Å². The second kappa shape index (κ2) is 7.04. The van der Waals surface area contributed by atoms with Crippen LogP contribution in [-0.2, 0) is 12.6 Å². The topological polar surface area (TPSA) is 0 Å². The molecule has 0 atom stereocenters. The van der Waals surface area contributed by atoms with Gasteiger partial charge >= 0.3 is 6.18 Å². The molecule has 0 heterocycles. The van der Waals surface area contributed by atoms with Crippen molar-refractivity contribution >= 4 is 23.2 Å². The fourth-order valence-corrected chi connectivity index (χ4v) is 3.16. The maximum atomic E-state index is 12.7. The number of rotatable bonds is 6. The first-order valence-corrected chi connectivity index (χ1v) is 7.57. The van der Waals surface area contributed by atoms with Crippen molar-refractivity contribution in [3.8, 4) is 0 Å². The second-order valence-corrected chi connectivity index (χ2v) is 6.27. The summed E-state index contributed by atoms with van der Waals surface area (Å²) < 4.78 is 38.2. The van der Waals surface area contributed by atoms with Crippen molar-refractivity contribution in [2.75, 3.05) is 11.8 Å². The van der Waals surface area contributed by atoms with Crippen LogP contribution in [-0.4, -0.2) is 11.8 Å². The Morgan fingerprint density at radius 3 is 2.15 bits per heavy atom. The Morgan fingerprint density at radius 1 is 1.10 bits per heavy atom. The van der Waals surface area contributed by atoms with E-state index in [0.717, 1.165) is 12.5 Å². The monoisotopic (exact) mass is 326 g/mol. The van der Waals surface area contributed by atoms with Crippen LogP contribution in [0.25, 0.3) is 0 Å². The molecule has 0 aromatic heterocycles. The Labute approximate surface area is 128 Å². The minimum Gasteiger partial charge on any atom is -0.166 e. The molecule has 0 nitrogen and oxygen atoms in total. The standard InChI is InChI=1S/C15H19Cl2F3/c1-11(2)7-14(9-16,10-17)8-12-4-3-5-13(6-12)15(18,19)20/h3-6,11H,7-10H2,1-2H3. The summed E-state index contributed by atoms with van der Waals surface area (Å²) in [5.74, 6) is 1.06. The lowest BCUT2D eigenvalue weighted by atomic mass is 9.78. The fraction of sp³-hybridized carbons (Fsp3) is 0.600. The third kappa shape index (κ3) is 4.85. The summed E-state index contributed by atoms with van der Waals surface area (Å²) in [6, 6.07) is 5.40. The van der Waals surface area contributed by atoms with E-state index in [1.54, 1.807) is 6.07 Å². The highest BCUT2D eigenvalue weighted by Crippen LogP contribution is 2.35. The third-order valence-electron chi connectivity index (χ3n) is 3.24. The maximum absolute atomic E-state index is 12.7. The van der Waals surface area contributed by atoms with Gasteiger partial charge in [0.05, 0.1) is 5.56 Å². The molecule has 1 aromatic carbocycles. The van der Waals surface area contributed by atoms with Crippen LogP contribution in [0.3, 0.4) is 0 Å². The van der Waals surface area contributed by atoms with Gasteiger partial charge in [-0.25, -0.2) is 0 Å². The lowest BCUT2D eigenvalue weighted by Crippen LogP contribution is -2.30. The number of halogens is 5. The molecular weight excluding hydrogens is 308 g/mol. The van der Waals surface area contributed by atoms with Gasteiger partial charge in [0, 0.05) is 17.2 Å². The molecule has 0 radical (unpaired) electrons. The van der Waals surface area contributed by atoms with Gasteiger partial charge in [0.15, 0.2) is 0 Å². The number of hydrogen-bond acceptors (Lipinski definition) is 0. The number of alkyl halides is 5. The predicted molar refractivity (Wildman–Crippen MR) is 78.5 cm³/mol. The van der Waals surface area contributed by atoms with Gasteiger partial charge in [0.25, 0.3) is 0 Å². The normalized spacial score (nSPS) is 13.0. The van der Waals surface area contributed by atoms with E-state index in [1.807, 2.05) is 0 Å². The molecule has 20 heavy (non-hydrogen) atoms. The molecule has 0 bridgehead atoms. The van der Waals surface area contributed by atoms with Gasteiger partial charge in [-0.15, -0.1) is 23.2 Å². The SMILES string of the molecule is CC(C)CC(CCl)(CCl)Cc1cccc(C(F)(F)F)c1. The van der Waals surface area contributed by atoms with Crippen molar-refractivity contribution in [1.82, 2.24) is 0 Å².